The molecule has 0 radical (unpaired) electrons. The Morgan fingerprint density at radius 2 is 1.39 bits per heavy atom. The number of benzene rings is 3. The number of hydrogen-bond acceptors (Lipinski definition) is 4. The average Bonchev–Trinajstić information content (AvgIpc) is 3.14. The lowest BCUT2D eigenvalue weighted by atomic mass is 9.98. The molecule has 0 spiro atoms. The maximum absolute atomic E-state index is 12.2. The van der Waals surface area contributed by atoms with E-state index in [2.05, 4.69) is 29.6 Å². The van der Waals surface area contributed by atoms with Crippen LogP contribution in [0.5, 0.6) is 0 Å². The molecule has 0 unspecified atom stereocenters. The summed E-state index contributed by atoms with van der Waals surface area (Å²) in [5.41, 5.74) is 6.25. The third kappa shape index (κ3) is 4.46. The summed E-state index contributed by atoms with van der Waals surface area (Å²) >= 11 is 0. The number of amides is 1. The predicted molar refractivity (Wildman–Crippen MR) is 119 cm³/mol. The molecule has 0 heterocycles. The van der Waals surface area contributed by atoms with Crippen LogP contribution in [0.15, 0.2) is 72.8 Å². The lowest BCUT2D eigenvalue weighted by molar-refractivity contribution is 0.112. The highest BCUT2D eigenvalue weighted by Crippen LogP contribution is 2.44. The van der Waals surface area contributed by atoms with Crippen LogP contribution in [0.2, 0.25) is 0 Å². The van der Waals surface area contributed by atoms with Gasteiger partial charge in [0.1, 0.15) is 19.2 Å². The van der Waals surface area contributed by atoms with Gasteiger partial charge in [-0.2, -0.15) is 0 Å². The van der Waals surface area contributed by atoms with Crippen LogP contribution in [-0.2, 0) is 4.74 Å². The third-order valence-corrected chi connectivity index (χ3v) is 5.29. The lowest BCUT2D eigenvalue weighted by Crippen LogP contribution is -2.26. The van der Waals surface area contributed by atoms with Crippen LogP contribution in [0.1, 0.15) is 43.3 Å². The van der Waals surface area contributed by atoms with Crippen LogP contribution in [0.4, 0.5) is 4.79 Å². The number of carbonyl (C=O) groups is 3. The molecule has 0 atom stereocenters. The minimum Gasteiger partial charge on any atom is -0.449 e. The lowest BCUT2D eigenvalue weighted by Gasteiger charge is -2.14. The largest absolute Gasteiger partial charge is 0.449 e. The molecule has 1 aliphatic carbocycles. The molecule has 154 valence electrons. The summed E-state index contributed by atoms with van der Waals surface area (Å²) in [5.74, 6) is 0.0153. The van der Waals surface area contributed by atoms with Crippen molar-refractivity contribution in [1.29, 1.82) is 0 Å². The zero-order chi connectivity index (χ0) is 21.6. The molecule has 0 fully saturated rings. The number of alkyl carbamates (subject to hydrolysis) is 1. The number of aldehydes is 2. The number of fused-ring (bicyclic) bond motifs is 3. The van der Waals surface area contributed by atoms with Crippen LogP contribution in [0.3, 0.4) is 0 Å². The van der Waals surface area contributed by atoms with Crippen molar-refractivity contribution in [3.8, 4) is 11.1 Å². The van der Waals surface area contributed by atoms with Gasteiger partial charge in [0, 0.05) is 23.6 Å². The van der Waals surface area contributed by atoms with Crippen LogP contribution in [-0.4, -0.2) is 31.8 Å². The molecule has 5 heteroatoms. The Balaban J connectivity index is 1.34. The Labute approximate surface area is 180 Å². The van der Waals surface area contributed by atoms with Crippen molar-refractivity contribution < 1.29 is 19.1 Å². The Bertz CT molecular complexity index is 1090. The zero-order valence-electron chi connectivity index (χ0n) is 16.8. The summed E-state index contributed by atoms with van der Waals surface area (Å²) < 4.78 is 5.49. The molecule has 0 bridgehead atoms. The van der Waals surface area contributed by atoms with Gasteiger partial charge in [-0.05, 0) is 46.0 Å². The molecule has 1 aliphatic rings. The summed E-state index contributed by atoms with van der Waals surface area (Å²) in [6.07, 6.45) is 4.36. The maximum atomic E-state index is 12.2. The van der Waals surface area contributed by atoms with Gasteiger partial charge in [0.05, 0.1) is 0 Å². The van der Waals surface area contributed by atoms with E-state index in [-0.39, 0.29) is 19.1 Å². The second-order valence-electron chi connectivity index (χ2n) is 7.28. The van der Waals surface area contributed by atoms with E-state index in [0.29, 0.717) is 29.3 Å². The topological polar surface area (TPSA) is 72.5 Å². The average molecular weight is 411 g/mol. The van der Waals surface area contributed by atoms with E-state index in [1.54, 1.807) is 24.3 Å². The fraction of sp³-hybridized carbons (Fsp3) is 0.115. The number of carbonyl (C=O) groups excluding carboxylic acids is 3. The standard InChI is InChI=1S/C26H21NO4/c28-15-19-12-18(13-20(14-19)16-29)6-5-11-27-26(30)31-17-25-23-9-3-1-7-21(23)22-8-2-4-10-24(22)25/h1-10,12-16,25H,11,17H2,(H,27,30). The molecule has 3 aromatic carbocycles. The van der Waals surface area contributed by atoms with Crippen molar-refractivity contribution in [2.75, 3.05) is 13.2 Å². The first-order valence-electron chi connectivity index (χ1n) is 10.0. The van der Waals surface area contributed by atoms with Gasteiger partial charge in [-0.1, -0.05) is 60.7 Å². The monoisotopic (exact) mass is 411 g/mol. The van der Waals surface area contributed by atoms with E-state index in [1.807, 2.05) is 24.3 Å². The Hall–Kier alpha value is -3.99. The molecule has 0 saturated carbocycles. The van der Waals surface area contributed by atoms with Gasteiger partial charge in [-0.3, -0.25) is 9.59 Å². The predicted octanol–water partition coefficient (Wildman–Crippen LogP) is 4.86. The summed E-state index contributed by atoms with van der Waals surface area (Å²) in [5, 5.41) is 2.69. The summed E-state index contributed by atoms with van der Waals surface area (Å²) in [7, 11) is 0. The Morgan fingerprint density at radius 1 is 0.839 bits per heavy atom. The highest BCUT2D eigenvalue weighted by atomic mass is 16.5. The van der Waals surface area contributed by atoms with Crippen molar-refractivity contribution in [3.63, 3.8) is 0 Å². The van der Waals surface area contributed by atoms with Gasteiger partial charge < -0.3 is 10.1 Å². The first-order chi connectivity index (χ1) is 15.2. The molecule has 1 amide bonds. The third-order valence-electron chi connectivity index (χ3n) is 5.29. The maximum Gasteiger partial charge on any atom is 0.407 e. The van der Waals surface area contributed by atoms with Gasteiger partial charge in [-0.25, -0.2) is 4.79 Å². The minimum atomic E-state index is -0.498. The molecular weight excluding hydrogens is 390 g/mol. The molecule has 3 aromatic rings. The highest BCUT2D eigenvalue weighted by Gasteiger charge is 2.28. The number of ether oxygens (including phenoxy) is 1. The van der Waals surface area contributed by atoms with Crippen molar-refractivity contribution in [2.24, 2.45) is 0 Å². The van der Waals surface area contributed by atoms with Crippen LogP contribution in [0.25, 0.3) is 17.2 Å². The minimum absolute atomic E-state index is 0.0153. The molecular formula is C26H21NO4. The molecule has 0 aliphatic heterocycles. The zero-order valence-corrected chi connectivity index (χ0v) is 16.8. The van der Waals surface area contributed by atoms with Crippen LogP contribution < -0.4 is 5.32 Å². The number of nitrogens with one attached hydrogen (secondary N) is 1. The second-order valence-corrected chi connectivity index (χ2v) is 7.28. The van der Waals surface area contributed by atoms with Crippen molar-refractivity contribution >= 4 is 24.7 Å². The van der Waals surface area contributed by atoms with Gasteiger partial charge >= 0.3 is 6.09 Å². The normalized spacial score (nSPS) is 12.3. The van der Waals surface area contributed by atoms with Crippen molar-refractivity contribution in [3.05, 3.63) is 101 Å². The highest BCUT2D eigenvalue weighted by molar-refractivity contribution is 5.84. The van der Waals surface area contributed by atoms with E-state index in [9.17, 15) is 14.4 Å². The molecule has 31 heavy (non-hydrogen) atoms. The van der Waals surface area contributed by atoms with E-state index in [4.69, 9.17) is 4.74 Å². The fourth-order valence-electron chi connectivity index (χ4n) is 3.92. The molecule has 5 nitrogen and oxygen atoms in total. The van der Waals surface area contributed by atoms with Gasteiger partial charge in [0.2, 0.25) is 0 Å². The second kappa shape index (κ2) is 9.22. The summed E-state index contributed by atoms with van der Waals surface area (Å²) in [6, 6.07) is 21.2. The van der Waals surface area contributed by atoms with E-state index in [1.165, 1.54) is 17.2 Å². The van der Waals surface area contributed by atoms with Gasteiger partial charge in [-0.15, -0.1) is 0 Å². The molecule has 4 rings (SSSR count). The Morgan fingerprint density at radius 3 is 1.97 bits per heavy atom. The first-order valence-corrected chi connectivity index (χ1v) is 10.0. The van der Waals surface area contributed by atoms with Crippen LogP contribution in [0, 0.1) is 0 Å². The quantitative estimate of drug-likeness (QED) is 0.564. The van der Waals surface area contributed by atoms with Crippen molar-refractivity contribution in [2.45, 2.75) is 5.92 Å². The van der Waals surface area contributed by atoms with Crippen molar-refractivity contribution in [1.82, 2.24) is 5.32 Å². The summed E-state index contributed by atoms with van der Waals surface area (Å²) in [4.78, 5) is 34.1. The van der Waals surface area contributed by atoms with Crippen LogP contribution >= 0.6 is 0 Å². The van der Waals surface area contributed by atoms with Gasteiger partial charge in [0.15, 0.2) is 0 Å². The molecule has 1 N–H and O–H groups in total. The van der Waals surface area contributed by atoms with E-state index < -0.39 is 6.09 Å². The molecule has 0 aromatic heterocycles. The van der Waals surface area contributed by atoms with E-state index in [0.717, 1.165) is 11.1 Å². The first kappa shape index (κ1) is 20.3. The van der Waals surface area contributed by atoms with E-state index >= 15 is 0 Å². The number of rotatable bonds is 7. The smallest absolute Gasteiger partial charge is 0.407 e. The molecule has 0 saturated heterocycles. The fourth-order valence-corrected chi connectivity index (χ4v) is 3.92. The SMILES string of the molecule is O=Cc1cc(C=O)cc(C=CCNC(=O)OCC2c3ccccc3-c3ccccc32)c1. The van der Waals surface area contributed by atoms with Gasteiger partial charge in [0.25, 0.3) is 0 Å². The number of hydrogen-bond donors (Lipinski definition) is 1. The Kier molecular flexibility index (Phi) is 6.03. The summed E-state index contributed by atoms with van der Waals surface area (Å²) in [6.45, 7) is 0.520.